The zero-order chi connectivity index (χ0) is 15.3. The smallest absolute Gasteiger partial charge is 0.100 e. The van der Waals surface area contributed by atoms with Crippen LogP contribution in [0.4, 0.5) is 0 Å². The van der Waals surface area contributed by atoms with Gasteiger partial charge in [0.2, 0.25) is 0 Å². The molecule has 2 heteroatoms. The van der Waals surface area contributed by atoms with E-state index in [0.29, 0.717) is 5.41 Å². The predicted molar refractivity (Wildman–Crippen MR) is 91.8 cm³/mol. The van der Waals surface area contributed by atoms with Gasteiger partial charge < -0.3 is 0 Å². The molecule has 1 aromatic carbocycles. The van der Waals surface area contributed by atoms with Crippen molar-refractivity contribution in [3.8, 4) is 0 Å². The highest BCUT2D eigenvalue weighted by atomic mass is 35.5. The molecule has 0 heterocycles. The summed E-state index contributed by atoms with van der Waals surface area (Å²) in [5.41, 5.74) is 4.00. The zero-order valence-electron chi connectivity index (χ0n) is 13.5. The van der Waals surface area contributed by atoms with E-state index >= 15 is 0 Å². The maximum Gasteiger partial charge on any atom is 0.133 e. The van der Waals surface area contributed by atoms with Gasteiger partial charge >= 0.3 is 0 Å². The van der Waals surface area contributed by atoms with Gasteiger partial charge in [-0.2, -0.15) is 0 Å². The molecule has 1 rings (SSSR count). The molecule has 0 spiro atoms. The monoisotopic (exact) mass is 314 g/mol. The van der Waals surface area contributed by atoms with Crippen molar-refractivity contribution in [3.05, 3.63) is 34.9 Å². The zero-order valence-corrected chi connectivity index (χ0v) is 15.0. The summed E-state index contributed by atoms with van der Waals surface area (Å²) < 4.78 is 0. The molecule has 0 amide bonds. The van der Waals surface area contributed by atoms with Crippen LogP contribution >= 0.6 is 23.2 Å². The number of benzene rings is 1. The normalized spacial score (nSPS) is 13.8. The molecule has 1 unspecified atom stereocenters. The summed E-state index contributed by atoms with van der Waals surface area (Å²) in [4.78, 5) is -0.422. The van der Waals surface area contributed by atoms with Crippen LogP contribution in [0.3, 0.4) is 0 Å². The standard InChI is InChI=1S/C18H28Cl2/c1-13(12-18(3,4)5)7-6-8-15-10-9-14(2)16(11-15)17(19)20/h9-11,13,17H,6-8,12H2,1-5H3. The van der Waals surface area contributed by atoms with E-state index in [1.165, 1.54) is 30.4 Å². The van der Waals surface area contributed by atoms with E-state index in [0.717, 1.165) is 17.9 Å². The summed E-state index contributed by atoms with van der Waals surface area (Å²) in [7, 11) is 0. The highest BCUT2D eigenvalue weighted by Crippen LogP contribution is 2.30. The van der Waals surface area contributed by atoms with E-state index in [-0.39, 0.29) is 0 Å². The minimum absolute atomic E-state index is 0.422. The average molecular weight is 315 g/mol. The Morgan fingerprint density at radius 2 is 1.80 bits per heavy atom. The van der Waals surface area contributed by atoms with Gasteiger partial charge in [0.25, 0.3) is 0 Å². The van der Waals surface area contributed by atoms with Crippen LogP contribution in [0.15, 0.2) is 18.2 Å². The lowest BCUT2D eigenvalue weighted by atomic mass is 9.83. The Morgan fingerprint density at radius 1 is 1.15 bits per heavy atom. The molecule has 0 saturated heterocycles. The van der Waals surface area contributed by atoms with E-state index in [1.807, 2.05) is 0 Å². The van der Waals surface area contributed by atoms with Crippen molar-refractivity contribution in [3.63, 3.8) is 0 Å². The molecule has 0 radical (unpaired) electrons. The Hall–Kier alpha value is -0.200. The predicted octanol–water partition coefficient (Wildman–Crippen LogP) is 6.87. The Morgan fingerprint density at radius 3 is 2.35 bits per heavy atom. The number of alkyl halides is 2. The van der Waals surface area contributed by atoms with Crippen LogP contribution < -0.4 is 0 Å². The Kier molecular flexibility index (Phi) is 6.88. The summed E-state index contributed by atoms with van der Waals surface area (Å²) in [6.07, 6.45) is 4.92. The topological polar surface area (TPSA) is 0 Å². The summed E-state index contributed by atoms with van der Waals surface area (Å²) in [6, 6.07) is 6.48. The molecule has 0 aliphatic heterocycles. The van der Waals surface area contributed by atoms with Crippen molar-refractivity contribution in [1.29, 1.82) is 0 Å². The highest BCUT2D eigenvalue weighted by Gasteiger charge is 2.15. The van der Waals surface area contributed by atoms with Gasteiger partial charge in [-0.15, -0.1) is 23.2 Å². The first-order chi connectivity index (χ1) is 9.19. The van der Waals surface area contributed by atoms with Gasteiger partial charge in [-0.25, -0.2) is 0 Å². The van der Waals surface area contributed by atoms with Crippen molar-refractivity contribution >= 4 is 23.2 Å². The average Bonchev–Trinajstić information content (AvgIpc) is 2.28. The van der Waals surface area contributed by atoms with Crippen LogP contribution in [0.2, 0.25) is 0 Å². The molecule has 0 nitrogen and oxygen atoms in total. The van der Waals surface area contributed by atoms with Gasteiger partial charge in [0, 0.05) is 0 Å². The molecular weight excluding hydrogens is 287 g/mol. The van der Waals surface area contributed by atoms with Crippen molar-refractivity contribution in [2.24, 2.45) is 11.3 Å². The first-order valence-corrected chi connectivity index (χ1v) is 8.44. The molecule has 0 bridgehead atoms. The summed E-state index contributed by atoms with van der Waals surface area (Å²) in [5, 5.41) is 0. The van der Waals surface area contributed by atoms with Crippen LogP contribution in [-0.4, -0.2) is 0 Å². The van der Waals surface area contributed by atoms with Crippen LogP contribution in [0.1, 0.15) is 68.5 Å². The quantitative estimate of drug-likeness (QED) is 0.503. The van der Waals surface area contributed by atoms with Gasteiger partial charge in [-0.3, -0.25) is 0 Å². The lowest BCUT2D eigenvalue weighted by Gasteiger charge is -2.23. The van der Waals surface area contributed by atoms with Crippen LogP contribution in [0, 0.1) is 18.3 Å². The molecule has 1 aromatic rings. The van der Waals surface area contributed by atoms with Crippen molar-refractivity contribution in [1.82, 2.24) is 0 Å². The molecule has 20 heavy (non-hydrogen) atoms. The minimum atomic E-state index is -0.422. The lowest BCUT2D eigenvalue weighted by Crippen LogP contribution is -2.11. The van der Waals surface area contributed by atoms with Gasteiger partial charge in [0.15, 0.2) is 0 Å². The van der Waals surface area contributed by atoms with Gasteiger partial charge in [0.05, 0.1) is 0 Å². The largest absolute Gasteiger partial charge is 0.133 e. The maximum absolute atomic E-state index is 6.00. The van der Waals surface area contributed by atoms with Gasteiger partial charge in [-0.05, 0) is 54.2 Å². The second-order valence-electron chi connectivity index (χ2n) is 7.25. The minimum Gasteiger partial charge on any atom is -0.100 e. The second-order valence-corrected chi connectivity index (χ2v) is 8.35. The SMILES string of the molecule is Cc1ccc(CCCC(C)CC(C)(C)C)cc1C(Cl)Cl. The first-order valence-electron chi connectivity index (χ1n) is 7.56. The van der Waals surface area contributed by atoms with Gasteiger partial charge in [-0.1, -0.05) is 52.3 Å². The fraction of sp³-hybridized carbons (Fsp3) is 0.667. The summed E-state index contributed by atoms with van der Waals surface area (Å²) in [5.74, 6) is 0.786. The number of rotatable bonds is 6. The number of hydrogen-bond acceptors (Lipinski definition) is 0. The lowest BCUT2D eigenvalue weighted by molar-refractivity contribution is 0.293. The first kappa shape index (κ1) is 17.9. The summed E-state index contributed by atoms with van der Waals surface area (Å²) >= 11 is 12.0. The van der Waals surface area contributed by atoms with Crippen LogP contribution in [0.5, 0.6) is 0 Å². The number of halogens is 2. The molecule has 0 fully saturated rings. The number of aryl methyl sites for hydroxylation is 2. The number of hydrogen-bond donors (Lipinski definition) is 0. The molecule has 1 atom stereocenters. The fourth-order valence-corrected chi connectivity index (χ4v) is 3.35. The van der Waals surface area contributed by atoms with Crippen molar-refractivity contribution in [2.45, 2.75) is 65.1 Å². The third kappa shape index (κ3) is 6.50. The molecular formula is C18H28Cl2. The van der Waals surface area contributed by atoms with Crippen molar-refractivity contribution in [2.75, 3.05) is 0 Å². The van der Waals surface area contributed by atoms with E-state index in [1.54, 1.807) is 0 Å². The molecule has 0 N–H and O–H groups in total. The van der Waals surface area contributed by atoms with Crippen LogP contribution in [0.25, 0.3) is 0 Å². The third-order valence-corrected chi connectivity index (χ3v) is 4.17. The molecule has 0 aliphatic carbocycles. The van der Waals surface area contributed by atoms with Crippen molar-refractivity contribution < 1.29 is 0 Å². The highest BCUT2D eigenvalue weighted by molar-refractivity contribution is 6.44. The Balaban J connectivity index is 2.48. The molecule has 114 valence electrons. The van der Waals surface area contributed by atoms with Gasteiger partial charge in [0.1, 0.15) is 4.84 Å². The molecule has 0 aromatic heterocycles. The molecule has 0 aliphatic rings. The van der Waals surface area contributed by atoms with E-state index in [4.69, 9.17) is 23.2 Å². The fourth-order valence-electron chi connectivity index (χ4n) is 2.88. The maximum atomic E-state index is 6.00. The summed E-state index contributed by atoms with van der Waals surface area (Å²) in [6.45, 7) is 11.4. The Labute approximate surface area is 134 Å². The Bertz CT molecular complexity index is 416. The van der Waals surface area contributed by atoms with E-state index < -0.39 is 4.84 Å². The second kappa shape index (κ2) is 7.71. The van der Waals surface area contributed by atoms with E-state index in [9.17, 15) is 0 Å². The molecule has 0 saturated carbocycles. The third-order valence-electron chi connectivity index (χ3n) is 3.70. The van der Waals surface area contributed by atoms with Crippen LogP contribution in [-0.2, 0) is 6.42 Å². The van der Waals surface area contributed by atoms with E-state index in [2.05, 4.69) is 52.8 Å².